The highest BCUT2D eigenvalue weighted by molar-refractivity contribution is 6.26. The zero-order valence-electron chi connectivity index (χ0n) is 18.6. The van der Waals surface area contributed by atoms with Crippen molar-refractivity contribution in [3.8, 4) is 0 Å². The second-order valence-electron chi connectivity index (χ2n) is 10.8. The molecule has 5 heteroatoms. The van der Waals surface area contributed by atoms with Gasteiger partial charge in [0.15, 0.2) is 0 Å². The van der Waals surface area contributed by atoms with Gasteiger partial charge < -0.3 is 10.2 Å². The van der Waals surface area contributed by atoms with Crippen molar-refractivity contribution in [2.45, 2.75) is 74.9 Å². The second kappa shape index (κ2) is 7.12. The lowest BCUT2D eigenvalue weighted by Crippen LogP contribution is -2.61. The standard InChI is InChI=1S/C27H31ClN2O2/c1-25-10-11-26(28)14-20-12-21(31)5-4-17(20)8-9-27(26,32)24(25)7-6-22(25)18-2-3-19-15-29-16-30-23(19)13-18/h2-3,6,13-17,21,24,31-32H,4-5,7-12H2,1H3/t17?,21?,24?,25?,26?,27-/m0/s1. The molecule has 5 unspecified atom stereocenters. The van der Waals surface area contributed by atoms with Crippen molar-refractivity contribution in [3.05, 3.63) is 54.0 Å². The predicted molar refractivity (Wildman–Crippen MR) is 127 cm³/mol. The maximum absolute atomic E-state index is 12.3. The van der Waals surface area contributed by atoms with Crippen LogP contribution in [0.25, 0.3) is 16.5 Å². The Labute approximate surface area is 194 Å². The molecule has 0 bridgehead atoms. The van der Waals surface area contributed by atoms with Crippen LogP contribution in [0.1, 0.15) is 63.9 Å². The average Bonchev–Trinajstić information content (AvgIpc) is 3.09. The van der Waals surface area contributed by atoms with E-state index in [9.17, 15) is 10.2 Å². The molecule has 0 amide bonds. The number of fused-ring (bicyclic) bond motifs is 5. The molecule has 4 nitrogen and oxygen atoms in total. The van der Waals surface area contributed by atoms with E-state index >= 15 is 0 Å². The summed E-state index contributed by atoms with van der Waals surface area (Å²) in [6, 6.07) is 6.43. The summed E-state index contributed by atoms with van der Waals surface area (Å²) in [5, 5.41) is 23.6. The summed E-state index contributed by atoms with van der Waals surface area (Å²) < 4.78 is 0. The Bertz CT molecular complexity index is 1150. The lowest BCUT2D eigenvalue weighted by molar-refractivity contribution is -0.106. The van der Waals surface area contributed by atoms with Crippen LogP contribution in [0.5, 0.6) is 0 Å². The third kappa shape index (κ3) is 2.89. The van der Waals surface area contributed by atoms with Crippen LogP contribution in [0.2, 0.25) is 0 Å². The van der Waals surface area contributed by atoms with Crippen LogP contribution < -0.4 is 0 Å². The van der Waals surface area contributed by atoms with Crippen molar-refractivity contribution >= 4 is 28.1 Å². The average molecular weight is 451 g/mol. The molecule has 2 aromatic rings. The molecule has 1 heterocycles. The van der Waals surface area contributed by atoms with Gasteiger partial charge in [0.05, 0.1) is 22.1 Å². The first-order chi connectivity index (χ1) is 15.3. The van der Waals surface area contributed by atoms with Gasteiger partial charge >= 0.3 is 0 Å². The van der Waals surface area contributed by atoms with Crippen molar-refractivity contribution in [3.63, 3.8) is 0 Å². The van der Waals surface area contributed by atoms with Crippen LogP contribution in [-0.4, -0.2) is 36.8 Å². The summed E-state index contributed by atoms with van der Waals surface area (Å²) in [6.45, 7) is 2.32. The van der Waals surface area contributed by atoms with Gasteiger partial charge in [-0.05, 0) is 79.9 Å². The first kappa shape index (κ1) is 20.8. The van der Waals surface area contributed by atoms with E-state index in [0.29, 0.717) is 12.3 Å². The predicted octanol–water partition coefficient (Wildman–Crippen LogP) is 5.42. The van der Waals surface area contributed by atoms with E-state index < -0.39 is 10.5 Å². The highest BCUT2D eigenvalue weighted by Gasteiger charge is 2.64. The molecule has 6 rings (SSSR count). The Morgan fingerprint density at radius 1 is 1.12 bits per heavy atom. The van der Waals surface area contributed by atoms with E-state index in [2.05, 4.69) is 47.2 Å². The molecule has 168 valence electrons. The highest BCUT2D eigenvalue weighted by atomic mass is 35.5. The quantitative estimate of drug-likeness (QED) is 0.449. The van der Waals surface area contributed by atoms with E-state index in [1.54, 1.807) is 6.33 Å². The summed E-state index contributed by atoms with van der Waals surface area (Å²) in [5.41, 5.74) is 3.66. The molecule has 2 fully saturated rings. The first-order valence-corrected chi connectivity index (χ1v) is 12.4. The number of alkyl halides is 1. The molecule has 2 saturated carbocycles. The zero-order valence-corrected chi connectivity index (χ0v) is 19.4. The van der Waals surface area contributed by atoms with Crippen LogP contribution in [0.15, 0.2) is 48.4 Å². The summed E-state index contributed by atoms with van der Waals surface area (Å²) in [6.07, 6.45) is 14.5. The fourth-order valence-electron chi connectivity index (χ4n) is 7.38. The van der Waals surface area contributed by atoms with Crippen LogP contribution in [0.4, 0.5) is 0 Å². The molecule has 0 spiro atoms. The fourth-order valence-corrected chi connectivity index (χ4v) is 7.84. The first-order valence-electron chi connectivity index (χ1n) is 12.0. The second-order valence-corrected chi connectivity index (χ2v) is 11.5. The monoisotopic (exact) mass is 450 g/mol. The van der Waals surface area contributed by atoms with E-state index in [4.69, 9.17) is 11.6 Å². The maximum atomic E-state index is 12.3. The van der Waals surface area contributed by atoms with Gasteiger partial charge in [0, 0.05) is 17.5 Å². The number of aliphatic hydroxyl groups excluding tert-OH is 1. The molecule has 1 aromatic heterocycles. The van der Waals surface area contributed by atoms with Crippen LogP contribution >= 0.6 is 11.6 Å². The number of rotatable bonds is 1. The zero-order chi connectivity index (χ0) is 22.1. The molecule has 0 saturated heterocycles. The van der Waals surface area contributed by atoms with E-state index in [1.807, 2.05) is 6.20 Å². The lowest BCUT2D eigenvalue weighted by Gasteiger charge is -2.56. The normalized spacial score (nSPS) is 41.2. The van der Waals surface area contributed by atoms with Gasteiger partial charge in [-0.25, -0.2) is 9.97 Å². The maximum Gasteiger partial charge on any atom is 0.116 e. The molecule has 4 aliphatic carbocycles. The lowest BCUT2D eigenvalue weighted by atomic mass is 9.54. The summed E-state index contributed by atoms with van der Waals surface area (Å²) in [5.74, 6) is 0.531. The van der Waals surface area contributed by atoms with Crippen molar-refractivity contribution in [1.29, 1.82) is 0 Å². The van der Waals surface area contributed by atoms with Gasteiger partial charge in [0.25, 0.3) is 0 Å². The Morgan fingerprint density at radius 2 is 2.00 bits per heavy atom. The molecule has 4 aliphatic rings. The van der Waals surface area contributed by atoms with Gasteiger partial charge in [-0.15, -0.1) is 11.6 Å². The van der Waals surface area contributed by atoms with Crippen molar-refractivity contribution in [2.75, 3.05) is 0 Å². The topological polar surface area (TPSA) is 66.2 Å². The number of aromatic nitrogens is 2. The molecule has 1 aromatic carbocycles. The Kier molecular flexibility index (Phi) is 4.64. The van der Waals surface area contributed by atoms with Gasteiger partial charge in [0.1, 0.15) is 6.33 Å². The minimum absolute atomic E-state index is 0.0827. The van der Waals surface area contributed by atoms with Gasteiger partial charge in [-0.1, -0.05) is 36.8 Å². The Balaban J connectivity index is 1.38. The van der Waals surface area contributed by atoms with Crippen LogP contribution in [-0.2, 0) is 0 Å². The minimum Gasteiger partial charge on any atom is -0.393 e. The van der Waals surface area contributed by atoms with Crippen molar-refractivity contribution < 1.29 is 10.2 Å². The number of benzene rings is 1. The fraction of sp³-hybridized carbons (Fsp3) is 0.556. The third-order valence-corrected chi connectivity index (χ3v) is 9.82. The number of aliphatic hydroxyl groups is 2. The van der Waals surface area contributed by atoms with E-state index in [1.165, 1.54) is 16.7 Å². The third-order valence-electron chi connectivity index (χ3n) is 9.20. The molecular formula is C27H31ClN2O2. The number of hydrogen-bond acceptors (Lipinski definition) is 4. The summed E-state index contributed by atoms with van der Waals surface area (Å²) in [7, 11) is 0. The molecule has 0 radical (unpaired) electrons. The molecular weight excluding hydrogens is 420 g/mol. The number of nitrogens with zero attached hydrogens (tertiary/aromatic N) is 2. The summed E-state index contributed by atoms with van der Waals surface area (Å²) >= 11 is 7.34. The largest absolute Gasteiger partial charge is 0.393 e. The molecule has 2 N–H and O–H groups in total. The van der Waals surface area contributed by atoms with Crippen LogP contribution in [0.3, 0.4) is 0 Å². The molecule has 0 aliphatic heterocycles. The molecule has 6 atom stereocenters. The van der Waals surface area contributed by atoms with Gasteiger partial charge in [-0.3, -0.25) is 0 Å². The summed E-state index contributed by atoms with van der Waals surface area (Å²) in [4.78, 5) is 7.83. The highest BCUT2D eigenvalue weighted by Crippen LogP contribution is 2.65. The number of halogens is 1. The number of allylic oxidation sites excluding steroid dienone is 2. The Hall–Kier alpha value is -1.75. The SMILES string of the molecule is CC12CCC3(Cl)C=C4CC(O)CCC4CC[C@]3(O)C1CC=C2c1ccc2cncnc2c1. The smallest absolute Gasteiger partial charge is 0.116 e. The van der Waals surface area contributed by atoms with Gasteiger partial charge in [0.2, 0.25) is 0 Å². The van der Waals surface area contributed by atoms with Crippen LogP contribution in [0, 0.1) is 17.3 Å². The number of hydrogen-bond donors (Lipinski definition) is 2. The Morgan fingerprint density at radius 3 is 2.88 bits per heavy atom. The van der Waals surface area contributed by atoms with Crippen molar-refractivity contribution in [2.24, 2.45) is 17.3 Å². The van der Waals surface area contributed by atoms with E-state index in [0.717, 1.165) is 55.8 Å². The van der Waals surface area contributed by atoms with Crippen molar-refractivity contribution in [1.82, 2.24) is 9.97 Å². The van der Waals surface area contributed by atoms with E-state index in [-0.39, 0.29) is 17.4 Å². The minimum atomic E-state index is -0.950. The van der Waals surface area contributed by atoms with Gasteiger partial charge in [-0.2, -0.15) is 0 Å². The molecule has 32 heavy (non-hydrogen) atoms.